The third-order valence-electron chi connectivity index (χ3n) is 4.07. The summed E-state index contributed by atoms with van der Waals surface area (Å²) in [6, 6.07) is 13.0. The zero-order chi connectivity index (χ0) is 17.1. The average molecular weight is 324 g/mol. The van der Waals surface area contributed by atoms with Gasteiger partial charge < -0.3 is 19.8 Å². The number of ether oxygens (including phenoxy) is 2. The van der Waals surface area contributed by atoms with Crippen molar-refractivity contribution in [2.75, 3.05) is 14.2 Å². The van der Waals surface area contributed by atoms with Crippen LogP contribution in [0.15, 0.2) is 48.7 Å². The summed E-state index contributed by atoms with van der Waals surface area (Å²) in [6.07, 6.45) is 1.86. The zero-order valence-corrected chi connectivity index (χ0v) is 13.9. The van der Waals surface area contributed by atoms with Gasteiger partial charge in [-0.1, -0.05) is 6.07 Å². The van der Waals surface area contributed by atoms with Crippen molar-refractivity contribution in [3.05, 3.63) is 59.8 Å². The molecule has 2 aromatic carbocycles. The molecule has 0 fully saturated rings. The predicted molar refractivity (Wildman–Crippen MR) is 93.7 cm³/mol. The molecular formula is C19H20N2O3. The van der Waals surface area contributed by atoms with Crippen LogP contribution in [-0.4, -0.2) is 25.1 Å². The number of hydrogen-bond donors (Lipinski definition) is 2. The number of nitrogens with one attached hydrogen (secondary N) is 2. The molecule has 1 amide bonds. The van der Waals surface area contributed by atoms with Gasteiger partial charge in [0.15, 0.2) is 11.5 Å². The zero-order valence-electron chi connectivity index (χ0n) is 13.9. The third-order valence-corrected chi connectivity index (χ3v) is 4.07. The molecule has 0 bridgehead atoms. The number of methoxy groups -OCH3 is 2. The molecule has 1 unspecified atom stereocenters. The monoisotopic (exact) mass is 324 g/mol. The van der Waals surface area contributed by atoms with Gasteiger partial charge in [0.05, 0.1) is 20.3 Å². The predicted octanol–water partition coefficient (Wildman–Crippen LogP) is 3.68. The van der Waals surface area contributed by atoms with Crippen LogP contribution in [0.5, 0.6) is 11.5 Å². The first-order valence-corrected chi connectivity index (χ1v) is 7.72. The molecule has 124 valence electrons. The number of rotatable bonds is 5. The van der Waals surface area contributed by atoms with Crippen LogP contribution >= 0.6 is 0 Å². The minimum Gasteiger partial charge on any atom is -0.493 e. The number of fused-ring (bicyclic) bond motifs is 1. The van der Waals surface area contributed by atoms with E-state index in [1.165, 1.54) is 0 Å². The molecule has 1 aromatic heterocycles. The van der Waals surface area contributed by atoms with E-state index in [1.54, 1.807) is 14.2 Å². The van der Waals surface area contributed by atoms with Gasteiger partial charge in [-0.3, -0.25) is 4.79 Å². The van der Waals surface area contributed by atoms with E-state index in [2.05, 4.69) is 10.3 Å². The number of benzene rings is 2. The maximum atomic E-state index is 12.5. The lowest BCUT2D eigenvalue weighted by atomic mass is 10.1. The molecule has 3 rings (SSSR count). The number of carbonyl (C=O) groups is 1. The molecule has 0 saturated heterocycles. The first-order valence-electron chi connectivity index (χ1n) is 7.72. The minimum atomic E-state index is -0.153. The fourth-order valence-electron chi connectivity index (χ4n) is 2.68. The van der Waals surface area contributed by atoms with Gasteiger partial charge in [0, 0.05) is 22.7 Å². The molecule has 24 heavy (non-hydrogen) atoms. The highest BCUT2D eigenvalue weighted by molar-refractivity contribution is 5.98. The van der Waals surface area contributed by atoms with E-state index >= 15 is 0 Å². The summed E-state index contributed by atoms with van der Waals surface area (Å²) in [4.78, 5) is 15.6. The molecule has 0 aliphatic heterocycles. The van der Waals surface area contributed by atoms with Gasteiger partial charge in [0.2, 0.25) is 0 Å². The Morgan fingerprint density at radius 2 is 1.83 bits per heavy atom. The number of aromatic nitrogens is 1. The largest absolute Gasteiger partial charge is 0.493 e. The number of H-pyrrole nitrogens is 1. The van der Waals surface area contributed by atoms with Gasteiger partial charge in [-0.2, -0.15) is 0 Å². The highest BCUT2D eigenvalue weighted by Gasteiger charge is 2.14. The molecule has 0 saturated carbocycles. The maximum Gasteiger partial charge on any atom is 0.251 e. The van der Waals surface area contributed by atoms with E-state index in [4.69, 9.17) is 9.47 Å². The Morgan fingerprint density at radius 1 is 1.04 bits per heavy atom. The Bertz CT molecular complexity index is 870. The van der Waals surface area contributed by atoms with Crippen molar-refractivity contribution in [2.45, 2.75) is 13.0 Å². The molecule has 5 nitrogen and oxygen atoms in total. The number of amides is 1. The maximum absolute atomic E-state index is 12.5. The Hall–Kier alpha value is -2.95. The van der Waals surface area contributed by atoms with Gasteiger partial charge in [0.1, 0.15) is 0 Å². The summed E-state index contributed by atoms with van der Waals surface area (Å²) in [5.41, 5.74) is 2.60. The van der Waals surface area contributed by atoms with Crippen molar-refractivity contribution in [3.8, 4) is 11.5 Å². The molecule has 1 atom stereocenters. The Balaban J connectivity index is 1.78. The summed E-state index contributed by atoms with van der Waals surface area (Å²) in [5, 5.41) is 4.03. The van der Waals surface area contributed by atoms with Crippen molar-refractivity contribution < 1.29 is 14.3 Å². The SMILES string of the molecule is COc1ccc(C(C)NC(=O)c2ccc3[nH]ccc3c2)cc1OC. The smallest absolute Gasteiger partial charge is 0.251 e. The molecule has 0 aliphatic rings. The summed E-state index contributed by atoms with van der Waals surface area (Å²) < 4.78 is 10.6. The lowest BCUT2D eigenvalue weighted by Crippen LogP contribution is -2.26. The first kappa shape index (κ1) is 15.9. The Morgan fingerprint density at radius 3 is 2.58 bits per heavy atom. The molecule has 1 heterocycles. The van der Waals surface area contributed by atoms with Crippen LogP contribution in [0.4, 0.5) is 0 Å². The second-order valence-corrected chi connectivity index (χ2v) is 5.59. The molecule has 0 radical (unpaired) electrons. The van der Waals surface area contributed by atoms with E-state index < -0.39 is 0 Å². The van der Waals surface area contributed by atoms with Crippen LogP contribution in [0.25, 0.3) is 10.9 Å². The van der Waals surface area contributed by atoms with Gasteiger partial charge in [-0.25, -0.2) is 0 Å². The van der Waals surface area contributed by atoms with Crippen LogP contribution in [0.1, 0.15) is 28.9 Å². The molecule has 2 N–H and O–H groups in total. The third kappa shape index (κ3) is 3.06. The Labute approximate surface area is 140 Å². The van der Waals surface area contributed by atoms with Crippen molar-refractivity contribution >= 4 is 16.8 Å². The van der Waals surface area contributed by atoms with Crippen molar-refractivity contribution in [2.24, 2.45) is 0 Å². The second kappa shape index (κ2) is 6.66. The lowest BCUT2D eigenvalue weighted by Gasteiger charge is -2.16. The Kier molecular flexibility index (Phi) is 4.42. The normalized spacial score (nSPS) is 12.0. The van der Waals surface area contributed by atoms with Crippen molar-refractivity contribution in [3.63, 3.8) is 0 Å². The minimum absolute atomic E-state index is 0.111. The fraction of sp³-hybridized carbons (Fsp3) is 0.211. The van der Waals surface area contributed by atoms with E-state index in [-0.39, 0.29) is 11.9 Å². The summed E-state index contributed by atoms with van der Waals surface area (Å²) in [5.74, 6) is 1.20. The van der Waals surface area contributed by atoms with Crippen LogP contribution in [0.2, 0.25) is 0 Å². The van der Waals surface area contributed by atoms with Crippen LogP contribution in [-0.2, 0) is 0 Å². The number of hydrogen-bond acceptors (Lipinski definition) is 3. The highest BCUT2D eigenvalue weighted by atomic mass is 16.5. The van der Waals surface area contributed by atoms with E-state index in [0.717, 1.165) is 16.5 Å². The molecule has 3 aromatic rings. The summed E-state index contributed by atoms with van der Waals surface area (Å²) in [7, 11) is 3.19. The lowest BCUT2D eigenvalue weighted by molar-refractivity contribution is 0.0940. The van der Waals surface area contributed by atoms with Crippen LogP contribution in [0.3, 0.4) is 0 Å². The molecule has 0 spiro atoms. The van der Waals surface area contributed by atoms with E-state index in [1.807, 2.05) is 55.6 Å². The van der Waals surface area contributed by atoms with Gasteiger partial charge in [0.25, 0.3) is 5.91 Å². The van der Waals surface area contributed by atoms with E-state index in [0.29, 0.717) is 17.1 Å². The number of aromatic amines is 1. The van der Waals surface area contributed by atoms with Crippen molar-refractivity contribution in [1.29, 1.82) is 0 Å². The fourth-order valence-corrected chi connectivity index (χ4v) is 2.68. The van der Waals surface area contributed by atoms with Crippen LogP contribution in [0, 0.1) is 0 Å². The second-order valence-electron chi connectivity index (χ2n) is 5.59. The average Bonchev–Trinajstić information content (AvgIpc) is 3.08. The van der Waals surface area contributed by atoms with Gasteiger partial charge in [-0.05, 0) is 48.9 Å². The molecule has 0 aliphatic carbocycles. The van der Waals surface area contributed by atoms with Crippen LogP contribution < -0.4 is 14.8 Å². The van der Waals surface area contributed by atoms with Crippen molar-refractivity contribution in [1.82, 2.24) is 10.3 Å². The van der Waals surface area contributed by atoms with Gasteiger partial charge >= 0.3 is 0 Å². The topological polar surface area (TPSA) is 63.3 Å². The summed E-state index contributed by atoms with van der Waals surface area (Å²) >= 11 is 0. The first-order chi connectivity index (χ1) is 11.6. The standard InChI is InChI=1S/C19H20N2O3/c1-12(13-5-7-17(23-2)18(11-13)24-3)21-19(22)15-4-6-16-14(10-15)8-9-20-16/h4-12,20H,1-3H3,(H,21,22). The quantitative estimate of drug-likeness (QED) is 0.752. The van der Waals surface area contributed by atoms with E-state index in [9.17, 15) is 4.79 Å². The van der Waals surface area contributed by atoms with Gasteiger partial charge in [-0.15, -0.1) is 0 Å². The highest BCUT2D eigenvalue weighted by Crippen LogP contribution is 2.30. The number of carbonyl (C=O) groups excluding carboxylic acids is 1. The molecular weight excluding hydrogens is 304 g/mol. The molecule has 5 heteroatoms. The summed E-state index contributed by atoms with van der Waals surface area (Å²) in [6.45, 7) is 1.94.